The Hall–Kier alpha value is -6.69. The molecule has 7 rings (SSSR count). The van der Waals surface area contributed by atoms with Crippen molar-refractivity contribution >= 4 is 63.6 Å². The van der Waals surface area contributed by atoms with Crippen molar-refractivity contribution < 1.29 is 71.1 Å². The number of carbonyl (C=O) groups excluding carboxylic acids is 7. The van der Waals surface area contributed by atoms with Crippen LogP contribution in [0, 0.1) is 11.6 Å². The van der Waals surface area contributed by atoms with Gasteiger partial charge in [0.1, 0.15) is 23.4 Å². The Morgan fingerprint density at radius 3 is 2.07 bits per heavy atom. The summed E-state index contributed by atoms with van der Waals surface area (Å²) >= 11 is 0. The average Bonchev–Trinajstić information content (AvgIpc) is 3.97. The fourth-order valence-corrected chi connectivity index (χ4v) is 8.03. The normalized spacial score (nSPS) is 18.0. The van der Waals surface area contributed by atoms with E-state index < -0.39 is 58.7 Å². The molecule has 1 aromatic heterocycles. The molecule has 2 atom stereocenters. The van der Waals surface area contributed by atoms with Crippen molar-refractivity contribution in [2.45, 2.75) is 37.3 Å². The van der Waals surface area contributed by atoms with E-state index in [0.29, 0.717) is 93.8 Å². The number of H-pyrrole nitrogens is 1. The van der Waals surface area contributed by atoms with Gasteiger partial charge in [0.05, 0.1) is 77.2 Å². The molecule has 4 aromatic rings. The third-order valence-electron chi connectivity index (χ3n) is 11.5. The SMILES string of the molecule is O=C1CCC(N2C(=O)c3cccc(NCCOCCOCCOCCOCCOCCNC(=O)c4cc5cc(N6CCC(O)(C(=O)NCCc7cc(F)cc(F)c7)C6=O)ccc5[nH]4)c3C2=O)C(=O)N1. The largest absolute Gasteiger partial charge is 0.382 e. The number of aromatic nitrogens is 1. The molecule has 0 saturated carbocycles. The maximum Gasteiger partial charge on any atom is 0.268 e. The van der Waals surface area contributed by atoms with E-state index in [-0.39, 0.29) is 74.7 Å². The second kappa shape index (κ2) is 23.6. The number of carbonyl (C=O) groups is 7. The zero-order valence-electron chi connectivity index (χ0n) is 37.6. The molecule has 6 N–H and O–H groups in total. The number of hydrogen-bond acceptors (Lipinski definition) is 14. The first-order valence-corrected chi connectivity index (χ1v) is 22.5. The maximum absolute atomic E-state index is 13.5. The summed E-state index contributed by atoms with van der Waals surface area (Å²) in [5.41, 5.74) is 0.170. The van der Waals surface area contributed by atoms with Gasteiger partial charge in [-0.2, -0.15) is 0 Å². The molecule has 0 radical (unpaired) electrons. The maximum atomic E-state index is 13.5. The first-order chi connectivity index (χ1) is 33.3. The molecule has 2 saturated heterocycles. The number of ether oxygens (including phenoxy) is 5. The molecular weight excluding hydrogens is 909 g/mol. The number of aliphatic hydroxyl groups is 1. The number of hydrogen-bond donors (Lipinski definition) is 6. The van der Waals surface area contributed by atoms with E-state index in [0.717, 1.165) is 23.1 Å². The number of halogens is 2. The number of amides is 7. The molecule has 7 amide bonds. The summed E-state index contributed by atoms with van der Waals surface area (Å²) in [6.45, 7) is 3.86. The molecule has 22 heteroatoms. The summed E-state index contributed by atoms with van der Waals surface area (Å²) in [4.78, 5) is 94.3. The highest BCUT2D eigenvalue weighted by Gasteiger charge is 2.52. The molecule has 3 aromatic carbocycles. The van der Waals surface area contributed by atoms with E-state index in [2.05, 4.69) is 26.3 Å². The van der Waals surface area contributed by atoms with Crippen LogP contribution in [-0.4, -0.2) is 160 Å². The van der Waals surface area contributed by atoms with Crippen LogP contribution >= 0.6 is 0 Å². The summed E-state index contributed by atoms with van der Waals surface area (Å²) in [5, 5.41) is 22.2. The molecule has 4 heterocycles. The molecule has 368 valence electrons. The van der Waals surface area contributed by atoms with E-state index in [1.54, 1.807) is 36.4 Å². The van der Waals surface area contributed by atoms with Crippen molar-refractivity contribution in [3.63, 3.8) is 0 Å². The lowest BCUT2D eigenvalue weighted by Gasteiger charge is -2.27. The third kappa shape index (κ3) is 12.5. The minimum absolute atomic E-state index is 0.0433. The van der Waals surface area contributed by atoms with Crippen molar-refractivity contribution in [3.05, 3.63) is 94.7 Å². The quantitative estimate of drug-likeness (QED) is 0.0297. The number of aromatic amines is 1. The predicted molar refractivity (Wildman–Crippen MR) is 241 cm³/mol. The Morgan fingerprint density at radius 2 is 1.41 bits per heavy atom. The van der Waals surface area contributed by atoms with Gasteiger partial charge in [-0.05, 0) is 66.9 Å². The van der Waals surface area contributed by atoms with Gasteiger partial charge in [-0.1, -0.05) is 6.07 Å². The van der Waals surface area contributed by atoms with E-state index in [1.807, 2.05) is 0 Å². The van der Waals surface area contributed by atoms with Crippen LogP contribution in [-0.2, 0) is 49.3 Å². The van der Waals surface area contributed by atoms with Gasteiger partial charge in [0.25, 0.3) is 29.5 Å². The van der Waals surface area contributed by atoms with Crippen molar-refractivity contribution in [1.82, 2.24) is 25.8 Å². The molecule has 0 spiro atoms. The number of benzene rings is 3. The van der Waals surface area contributed by atoms with Crippen LogP contribution in [0.1, 0.15) is 56.0 Å². The van der Waals surface area contributed by atoms with E-state index in [1.165, 1.54) is 11.0 Å². The number of fused-ring (bicyclic) bond motifs is 2. The smallest absolute Gasteiger partial charge is 0.268 e. The minimum atomic E-state index is -2.31. The number of imide groups is 2. The van der Waals surface area contributed by atoms with Gasteiger partial charge < -0.3 is 54.6 Å². The Morgan fingerprint density at radius 1 is 0.754 bits per heavy atom. The lowest BCUT2D eigenvalue weighted by atomic mass is 10.0. The van der Waals surface area contributed by atoms with E-state index in [4.69, 9.17) is 23.7 Å². The summed E-state index contributed by atoms with van der Waals surface area (Å²) < 4.78 is 54.7. The van der Waals surface area contributed by atoms with Crippen LogP contribution in [0.15, 0.2) is 60.7 Å². The van der Waals surface area contributed by atoms with Crippen molar-refractivity contribution in [2.24, 2.45) is 0 Å². The Labute approximate surface area is 394 Å². The number of rotatable bonds is 26. The molecule has 2 fully saturated rings. The number of piperidine rings is 1. The second-order valence-corrected chi connectivity index (χ2v) is 16.2. The molecule has 69 heavy (non-hydrogen) atoms. The highest BCUT2D eigenvalue weighted by molar-refractivity contribution is 6.25. The molecule has 20 nitrogen and oxygen atoms in total. The number of nitrogens with one attached hydrogen (secondary N) is 5. The van der Waals surface area contributed by atoms with Gasteiger partial charge in [-0.15, -0.1) is 0 Å². The van der Waals surface area contributed by atoms with Crippen LogP contribution in [0.25, 0.3) is 10.9 Å². The van der Waals surface area contributed by atoms with Crippen molar-refractivity contribution in [3.8, 4) is 0 Å². The fourth-order valence-electron chi connectivity index (χ4n) is 8.03. The number of nitrogens with zero attached hydrogens (tertiary/aromatic N) is 2. The highest BCUT2D eigenvalue weighted by atomic mass is 19.1. The Bertz CT molecular complexity index is 2540. The van der Waals surface area contributed by atoms with Crippen molar-refractivity contribution in [2.75, 3.05) is 102 Å². The zero-order chi connectivity index (χ0) is 48.9. The third-order valence-corrected chi connectivity index (χ3v) is 11.5. The van der Waals surface area contributed by atoms with E-state index in [9.17, 15) is 47.4 Å². The van der Waals surface area contributed by atoms with Crippen LogP contribution in [0.4, 0.5) is 20.2 Å². The van der Waals surface area contributed by atoms with Gasteiger partial charge >= 0.3 is 0 Å². The van der Waals surface area contributed by atoms with E-state index >= 15 is 0 Å². The van der Waals surface area contributed by atoms with Crippen LogP contribution < -0.4 is 26.2 Å². The molecule has 3 aliphatic heterocycles. The zero-order valence-corrected chi connectivity index (χ0v) is 37.6. The van der Waals surface area contributed by atoms with Crippen LogP contribution in [0.3, 0.4) is 0 Å². The summed E-state index contributed by atoms with van der Waals surface area (Å²) in [6.07, 6.45) is 0.0538. The molecular formula is C47H53F2N7O13. The first kappa shape index (κ1) is 50.2. The molecule has 3 aliphatic rings. The average molecular weight is 962 g/mol. The monoisotopic (exact) mass is 961 g/mol. The van der Waals surface area contributed by atoms with Gasteiger partial charge in [0.2, 0.25) is 17.4 Å². The summed E-state index contributed by atoms with van der Waals surface area (Å²) in [6, 6.07) is 13.5. The highest BCUT2D eigenvalue weighted by Crippen LogP contribution is 2.33. The molecule has 2 unspecified atom stereocenters. The predicted octanol–water partition coefficient (Wildman–Crippen LogP) is 1.60. The Kier molecular flexibility index (Phi) is 17.1. The van der Waals surface area contributed by atoms with Gasteiger partial charge in [-0.3, -0.25) is 43.8 Å². The topological polar surface area (TPSA) is 256 Å². The summed E-state index contributed by atoms with van der Waals surface area (Å²) in [5.74, 6) is -5.84. The minimum Gasteiger partial charge on any atom is -0.382 e. The van der Waals surface area contributed by atoms with Crippen molar-refractivity contribution in [1.29, 1.82) is 0 Å². The molecule has 0 aliphatic carbocycles. The van der Waals surface area contributed by atoms with Crippen LogP contribution in [0.5, 0.6) is 0 Å². The second-order valence-electron chi connectivity index (χ2n) is 16.2. The van der Waals surface area contributed by atoms with Gasteiger partial charge in [0.15, 0.2) is 0 Å². The van der Waals surface area contributed by atoms with Crippen LogP contribution in [0.2, 0.25) is 0 Å². The lowest BCUT2D eigenvalue weighted by molar-refractivity contribution is -0.149. The molecule has 0 bridgehead atoms. The summed E-state index contributed by atoms with van der Waals surface area (Å²) in [7, 11) is 0. The standard InChI is InChI=1S/C47H53F2N7O13/c48-31-24-29(25-32(49)28-31)8-10-52-45(62)47(64)9-13-55(46(47)63)33-4-5-35-30(26-33)27-37(53-35)41(58)51-12-15-66-17-19-68-21-23-69-22-20-67-18-16-65-14-11-50-36-3-1-2-34-40(36)44(61)56(43(34)60)38-6-7-39(57)54-42(38)59/h1-5,24-28,38,50,53,64H,6-23H2,(H,51,58)(H,52,62)(H,54,57,59). The lowest BCUT2D eigenvalue weighted by Crippen LogP contribution is -2.54. The fraction of sp³-hybridized carbons (Fsp3) is 0.426. The van der Waals surface area contributed by atoms with Gasteiger partial charge in [0, 0.05) is 67.4 Å². The first-order valence-electron chi connectivity index (χ1n) is 22.5. The number of anilines is 2. The Balaban J connectivity index is 0.681. The van der Waals surface area contributed by atoms with Gasteiger partial charge in [-0.25, -0.2) is 8.78 Å².